The van der Waals surface area contributed by atoms with Crippen molar-refractivity contribution in [3.05, 3.63) is 237 Å². The maximum absolute atomic E-state index is 9.87. The van der Waals surface area contributed by atoms with Crippen molar-refractivity contribution >= 4 is 38.6 Å². The SMILES string of the molecule is [2H]c1c([2H])c(N(c2ccc(-c3ccc4ccccc4c3-c3ccccc3)cc2)c2cccc(-c3ccc4ccccc4c3)c2)c(-c2ccccc2)c([2H])c1-c1ccccc1. The van der Waals surface area contributed by atoms with Crippen LogP contribution in [-0.4, -0.2) is 0 Å². The molecular weight excluding hydrogens is 687 g/mol. The Morgan fingerprint density at radius 2 is 0.877 bits per heavy atom. The smallest absolute Gasteiger partial charge is 0.0645 e. The summed E-state index contributed by atoms with van der Waals surface area (Å²) in [5, 5.41) is 4.71. The zero-order valence-electron chi connectivity index (χ0n) is 34.2. The van der Waals surface area contributed by atoms with Gasteiger partial charge in [-0.15, -0.1) is 0 Å². The summed E-state index contributed by atoms with van der Waals surface area (Å²) in [6, 6.07) is 75.0. The van der Waals surface area contributed by atoms with Gasteiger partial charge in [0.2, 0.25) is 0 Å². The highest BCUT2D eigenvalue weighted by Crippen LogP contribution is 2.45. The fourth-order valence-electron chi connectivity index (χ4n) is 7.95. The number of hydrogen-bond donors (Lipinski definition) is 0. The summed E-state index contributed by atoms with van der Waals surface area (Å²) in [4.78, 5) is 2.07. The van der Waals surface area contributed by atoms with Crippen LogP contribution in [0.4, 0.5) is 17.1 Å². The number of hydrogen-bond acceptors (Lipinski definition) is 1. The lowest BCUT2D eigenvalue weighted by atomic mass is 9.89. The van der Waals surface area contributed by atoms with Crippen LogP contribution < -0.4 is 4.90 Å². The highest BCUT2D eigenvalue weighted by Gasteiger charge is 2.20. The van der Waals surface area contributed by atoms with Crippen molar-refractivity contribution in [1.82, 2.24) is 0 Å². The first kappa shape index (κ1) is 30.8. The van der Waals surface area contributed by atoms with Gasteiger partial charge in [-0.2, -0.15) is 0 Å². The van der Waals surface area contributed by atoms with Gasteiger partial charge >= 0.3 is 0 Å². The van der Waals surface area contributed by atoms with Gasteiger partial charge in [0, 0.05) is 16.9 Å². The third-order valence-electron chi connectivity index (χ3n) is 10.8. The van der Waals surface area contributed by atoms with E-state index in [-0.39, 0.29) is 18.1 Å². The Morgan fingerprint density at radius 3 is 1.63 bits per heavy atom. The van der Waals surface area contributed by atoms with Crippen molar-refractivity contribution in [2.75, 3.05) is 4.90 Å². The first-order valence-corrected chi connectivity index (χ1v) is 19.3. The summed E-state index contributed by atoms with van der Waals surface area (Å²) in [7, 11) is 0. The van der Waals surface area contributed by atoms with E-state index in [1.54, 1.807) is 0 Å². The molecule has 268 valence electrons. The second-order valence-electron chi connectivity index (χ2n) is 14.3. The largest absolute Gasteiger partial charge is 0.310 e. The van der Waals surface area contributed by atoms with Gasteiger partial charge in [-0.1, -0.05) is 194 Å². The molecule has 0 fully saturated rings. The van der Waals surface area contributed by atoms with Crippen LogP contribution in [0.5, 0.6) is 0 Å². The number of rotatable bonds is 8. The number of nitrogens with zero attached hydrogens (tertiary/aromatic N) is 1. The Kier molecular flexibility index (Phi) is 8.10. The van der Waals surface area contributed by atoms with Crippen molar-refractivity contribution in [3.63, 3.8) is 0 Å². The van der Waals surface area contributed by atoms with E-state index in [1.807, 2.05) is 66.7 Å². The van der Waals surface area contributed by atoms with Crippen LogP contribution in [0.2, 0.25) is 0 Å². The van der Waals surface area contributed by atoms with E-state index in [2.05, 4.69) is 157 Å². The van der Waals surface area contributed by atoms with E-state index >= 15 is 0 Å². The second-order valence-corrected chi connectivity index (χ2v) is 14.3. The average molecular weight is 729 g/mol. The zero-order valence-corrected chi connectivity index (χ0v) is 31.2. The van der Waals surface area contributed by atoms with Crippen molar-refractivity contribution < 1.29 is 4.11 Å². The molecule has 0 heterocycles. The van der Waals surface area contributed by atoms with Gasteiger partial charge in [0.05, 0.1) is 9.80 Å². The molecule has 10 aromatic rings. The zero-order chi connectivity index (χ0) is 40.6. The Hall–Kier alpha value is -7.48. The van der Waals surface area contributed by atoms with Gasteiger partial charge < -0.3 is 4.90 Å². The van der Waals surface area contributed by atoms with Crippen LogP contribution >= 0.6 is 0 Å². The van der Waals surface area contributed by atoms with Crippen molar-refractivity contribution in [1.29, 1.82) is 0 Å². The molecule has 10 rings (SSSR count). The lowest BCUT2D eigenvalue weighted by Gasteiger charge is -2.29. The Bertz CT molecular complexity index is 3160. The third kappa shape index (κ3) is 6.66. The minimum Gasteiger partial charge on any atom is -0.310 e. The summed E-state index contributed by atoms with van der Waals surface area (Å²) >= 11 is 0. The van der Waals surface area contributed by atoms with E-state index in [1.165, 1.54) is 21.7 Å². The number of benzene rings is 10. The highest BCUT2D eigenvalue weighted by atomic mass is 15.1. The van der Waals surface area contributed by atoms with Crippen LogP contribution in [0.1, 0.15) is 4.11 Å². The number of anilines is 3. The van der Waals surface area contributed by atoms with Crippen molar-refractivity contribution in [2.45, 2.75) is 0 Å². The first-order valence-electron chi connectivity index (χ1n) is 20.8. The second kappa shape index (κ2) is 15.0. The lowest BCUT2D eigenvalue weighted by molar-refractivity contribution is 1.28. The Balaban J connectivity index is 1.21. The van der Waals surface area contributed by atoms with Gasteiger partial charge in [-0.25, -0.2) is 0 Å². The van der Waals surface area contributed by atoms with E-state index in [9.17, 15) is 4.11 Å². The molecule has 10 aromatic carbocycles. The maximum Gasteiger partial charge on any atom is 0.0645 e. The molecule has 0 atom stereocenters. The standard InChI is InChI=1S/C56H39N/c1-4-15-40(16-5-1)49-32-36-55(54(39-49)42-18-6-2-7-19-42)57(51-25-14-24-47(38-51)48-28-27-41-17-10-11-23-46(41)37-48)50-33-29-44(30-34-50)53-35-31-43-20-12-13-26-52(43)56(53)45-21-8-3-9-22-45/h1-39H/i32D,36D,39D. The normalized spacial score (nSPS) is 11.9. The molecular formula is C56H39N. The summed E-state index contributed by atoms with van der Waals surface area (Å²) in [6.45, 7) is 0. The summed E-state index contributed by atoms with van der Waals surface area (Å²) in [5.41, 5.74) is 11.3. The van der Waals surface area contributed by atoms with Crippen molar-refractivity contribution in [3.8, 4) is 55.6 Å². The molecule has 0 aliphatic carbocycles. The molecule has 0 spiro atoms. The molecule has 0 saturated heterocycles. The minimum atomic E-state index is 0.0110. The van der Waals surface area contributed by atoms with Gasteiger partial charge in [-0.05, 0) is 114 Å². The van der Waals surface area contributed by atoms with E-state index in [0.717, 1.165) is 55.7 Å². The van der Waals surface area contributed by atoms with Crippen LogP contribution in [0, 0.1) is 0 Å². The molecule has 0 amide bonds. The fourth-order valence-corrected chi connectivity index (χ4v) is 7.95. The summed E-state index contributed by atoms with van der Waals surface area (Å²) in [6.07, 6.45) is 0. The predicted octanol–water partition coefficient (Wildman–Crippen LogP) is 15.8. The minimum absolute atomic E-state index is 0.0110. The van der Waals surface area contributed by atoms with Crippen LogP contribution in [0.3, 0.4) is 0 Å². The van der Waals surface area contributed by atoms with Crippen molar-refractivity contribution in [2.24, 2.45) is 0 Å². The number of fused-ring (bicyclic) bond motifs is 2. The molecule has 0 radical (unpaired) electrons. The molecule has 1 nitrogen and oxygen atoms in total. The highest BCUT2D eigenvalue weighted by molar-refractivity contribution is 6.04. The van der Waals surface area contributed by atoms with Crippen LogP contribution in [0.25, 0.3) is 77.2 Å². The summed E-state index contributed by atoms with van der Waals surface area (Å²) in [5.74, 6) is 0. The van der Waals surface area contributed by atoms with Gasteiger partial charge in [0.25, 0.3) is 0 Å². The summed E-state index contributed by atoms with van der Waals surface area (Å²) < 4.78 is 29.3. The molecule has 0 bridgehead atoms. The quantitative estimate of drug-likeness (QED) is 0.151. The van der Waals surface area contributed by atoms with E-state index in [4.69, 9.17) is 0 Å². The fraction of sp³-hybridized carbons (Fsp3) is 0. The molecule has 0 unspecified atom stereocenters. The van der Waals surface area contributed by atoms with E-state index in [0.29, 0.717) is 16.8 Å². The Morgan fingerprint density at radius 1 is 0.316 bits per heavy atom. The molecule has 0 aliphatic heterocycles. The molecule has 0 aromatic heterocycles. The van der Waals surface area contributed by atoms with Gasteiger partial charge in [0.1, 0.15) is 0 Å². The lowest BCUT2D eigenvalue weighted by Crippen LogP contribution is -2.11. The van der Waals surface area contributed by atoms with Crippen LogP contribution in [-0.2, 0) is 0 Å². The molecule has 0 saturated carbocycles. The molecule has 57 heavy (non-hydrogen) atoms. The van der Waals surface area contributed by atoms with Gasteiger partial charge in [0.15, 0.2) is 0 Å². The van der Waals surface area contributed by atoms with Gasteiger partial charge in [-0.3, -0.25) is 0 Å². The molecule has 0 aliphatic rings. The third-order valence-corrected chi connectivity index (χ3v) is 10.8. The maximum atomic E-state index is 9.87. The molecule has 1 heteroatoms. The van der Waals surface area contributed by atoms with Crippen LogP contribution in [0.15, 0.2) is 237 Å². The van der Waals surface area contributed by atoms with E-state index < -0.39 is 0 Å². The average Bonchev–Trinajstić information content (AvgIpc) is 3.31. The monoisotopic (exact) mass is 728 g/mol. The molecule has 0 N–H and O–H groups in total. The predicted molar refractivity (Wildman–Crippen MR) is 243 cm³/mol. The first-order chi connectivity index (χ1) is 29.5. The Labute approximate surface area is 338 Å². The topological polar surface area (TPSA) is 3.24 Å².